The molecule has 1 aliphatic rings. The number of hydrogen-bond acceptors (Lipinski definition) is 2. The van der Waals surface area contributed by atoms with Gasteiger partial charge in [0, 0.05) is 45.3 Å². The normalized spacial score (nSPS) is 20.0. The molecule has 1 heterocycles. The quantitative estimate of drug-likeness (QED) is 0.711. The van der Waals surface area contributed by atoms with Crippen molar-refractivity contribution >= 4 is 0 Å². The van der Waals surface area contributed by atoms with E-state index in [2.05, 4.69) is 30.6 Å². The molecule has 0 aromatic heterocycles. The van der Waals surface area contributed by atoms with Crippen LogP contribution in [0.5, 0.6) is 0 Å². The van der Waals surface area contributed by atoms with Crippen LogP contribution in [0.3, 0.4) is 0 Å². The molecule has 0 spiro atoms. The zero-order chi connectivity index (χ0) is 10.4. The zero-order valence-corrected chi connectivity index (χ0v) is 13.0. The van der Waals surface area contributed by atoms with Gasteiger partial charge in [0.15, 0.2) is 0 Å². The molecule has 87 valence electrons. The summed E-state index contributed by atoms with van der Waals surface area (Å²) in [6, 6.07) is 0.666. The van der Waals surface area contributed by atoms with E-state index in [4.69, 9.17) is 0 Å². The molecule has 0 bridgehead atoms. The van der Waals surface area contributed by atoms with Gasteiger partial charge < -0.3 is 18.7 Å². The first-order valence-corrected chi connectivity index (χ1v) is 5.82. The van der Waals surface area contributed by atoms with E-state index in [0.717, 1.165) is 19.6 Å². The SMILES string of the molecule is [CH2-]CN(C[CH2-])CC(C)N1CCCCC1.[Y]. The summed E-state index contributed by atoms with van der Waals surface area (Å²) >= 11 is 0. The van der Waals surface area contributed by atoms with Crippen LogP contribution in [-0.2, 0) is 32.7 Å². The Morgan fingerprint density at radius 1 is 1.13 bits per heavy atom. The Kier molecular flexibility index (Phi) is 9.72. The molecule has 3 heteroatoms. The van der Waals surface area contributed by atoms with Crippen LogP contribution in [0.4, 0.5) is 0 Å². The monoisotopic (exact) mass is 285 g/mol. The van der Waals surface area contributed by atoms with Crippen LogP contribution in [0, 0.1) is 13.8 Å². The van der Waals surface area contributed by atoms with Crippen LogP contribution in [0.25, 0.3) is 0 Å². The third-order valence-corrected chi connectivity index (χ3v) is 3.17. The maximum atomic E-state index is 3.92. The van der Waals surface area contributed by atoms with Crippen molar-refractivity contribution in [3.05, 3.63) is 13.8 Å². The molecule has 0 aliphatic carbocycles. The van der Waals surface area contributed by atoms with Crippen molar-refractivity contribution in [1.82, 2.24) is 9.80 Å². The van der Waals surface area contributed by atoms with Crippen molar-refractivity contribution in [1.29, 1.82) is 0 Å². The fourth-order valence-corrected chi connectivity index (χ4v) is 2.14. The van der Waals surface area contributed by atoms with Crippen molar-refractivity contribution in [2.75, 3.05) is 32.7 Å². The fraction of sp³-hybridized carbons (Fsp3) is 0.833. The number of piperidine rings is 1. The van der Waals surface area contributed by atoms with E-state index in [1.54, 1.807) is 0 Å². The van der Waals surface area contributed by atoms with Gasteiger partial charge in [-0.2, -0.15) is 0 Å². The third kappa shape index (κ3) is 5.77. The van der Waals surface area contributed by atoms with Gasteiger partial charge in [0.1, 0.15) is 0 Å². The molecule has 1 rings (SSSR count). The molecule has 15 heavy (non-hydrogen) atoms. The van der Waals surface area contributed by atoms with Gasteiger partial charge in [0.25, 0.3) is 0 Å². The first-order chi connectivity index (χ1) is 6.77. The number of hydrogen-bond donors (Lipinski definition) is 0. The molecular formula is C12H24N2Y-2. The predicted molar refractivity (Wildman–Crippen MR) is 62.0 cm³/mol. The molecule has 1 saturated heterocycles. The molecule has 0 saturated carbocycles. The second-order valence-electron chi connectivity index (χ2n) is 4.25. The summed E-state index contributed by atoms with van der Waals surface area (Å²) in [5.74, 6) is 0. The zero-order valence-electron chi connectivity index (χ0n) is 10.1. The average molecular weight is 285 g/mol. The van der Waals surface area contributed by atoms with Gasteiger partial charge in [-0.05, 0) is 32.9 Å². The van der Waals surface area contributed by atoms with Gasteiger partial charge in [-0.25, -0.2) is 0 Å². The van der Waals surface area contributed by atoms with Gasteiger partial charge in [-0.15, -0.1) is 13.1 Å². The van der Waals surface area contributed by atoms with E-state index in [9.17, 15) is 0 Å². The summed E-state index contributed by atoms with van der Waals surface area (Å²) in [6.07, 6.45) is 4.16. The summed E-state index contributed by atoms with van der Waals surface area (Å²) in [4.78, 5) is 4.90. The maximum Gasteiger partial charge on any atom is 0.0192 e. The first kappa shape index (κ1) is 16.0. The van der Waals surface area contributed by atoms with E-state index in [0.29, 0.717) is 6.04 Å². The van der Waals surface area contributed by atoms with Crippen LogP contribution in [0.2, 0.25) is 0 Å². The summed E-state index contributed by atoms with van der Waals surface area (Å²) in [7, 11) is 0. The van der Waals surface area contributed by atoms with E-state index in [-0.39, 0.29) is 32.7 Å². The molecule has 0 aromatic carbocycles. The van der Waals surface area contributed by atoms with Gasteiger partial charge in [-0.1, -0.05) is 6.42 Å². The van der Waals surface area contributed by atoms with Crippen molar-refractivity contribution in [2.24, 2.45) is 0 Å². The maximum absolute atomic E-state index is 3.92. The first-order valence-electron chi connectivity index (χ1n) is 5.82. The van der Waals surface area contributed by atoms with E-state index in [1.807, 2.05) is 0 Å². The second-order valence-corrected chi connectivity index (χ2v) is 4.25. The molecule has 1 aliphatic heterocycles. The van der Waals surface area contributed by atoms with E-state index >= 15 is 0 Å². The summed E-state index contributed by atoms with van der Waals surface area (Å²) in [5, 5.41) is 0. The Bertz CT molecular complexity index is 143. The van der Waals surface area contributed by atoms with Gasteiger partial charge in [0.05, 0.1) is 0 Å². The van der Waals surface area contributed by atoms with Gasteiger partial charge >= 0.3 is 0 Å². The Balaban J connectivity index is 0.00000196. The molecular weight excluding hydrogens is 261 g/mol. The number of likely N-dealkylation sites (tertiary alicyclic amines) is 1. The molecule has 1 unspecified atom stereocenters. The minimum atomic E-state index is 0. The predicted octanol–water partition coefficient (Wildman–Crippen LogP) is 1.83. The molecule has 1 radical (unpaired) electrons. The summed E-state index contributed by atoms with van der Waals surface area (Å²) in [6.45, 7) is 15.6. The van der Waals surface area contributed by atoms with E-state index in [1.165, 1.54) is 32.4 Å². The molecule has 1 fully saturated rings. The van der Waals surface area contributed by atoms with Crippen LogP contribution < -0.4 is 0 Å². The standard InChI is InChI=1S/C12H24N2.Y/c1-4-13(5-2)11-12(3)14-9-7-6-8-10-14;/h12H,1-2,4-11H2,3H3;/q-2;. The Labute approximate surface area is 121 Å². The summed E-state index contributed by atoms with van der Waals surface area (Å²) in [5.41, 5.74) is 0. The Morgan fingerprint density at radius 3 is 2.13 bits per heavy atom. The summed E-state index contributed by atoms with van der Waals surface area (Å²) < 4.78 is 0. The minimum absolute atomic E-state index is 0. The molecule has 1 atom stereocenters. The molecule has 0 aromatic rings. The number of rotatable bonds is 5. The Morgan fingerprint density at radius 2 is 1.67 bits per heavy atom. The van der Waals surface area contributed by atoms with Crippen LogP contribution >= 0.6 is 0 Å². The molecule has 0 N–H and O–H groups in total. The fourth-order valence-electron chi connectivity index (χ4n) is 2.14. The van der Waals surface area contributed by atoms with E-state index < -0.39 is 0 Å². The van der Waals surface area contributed by atoms with Crippen LogP contribution in [-0.4, -0.2) is 48.6 Å². The molecule has 2 nitrogen and oxygen atoms in total. The minimum Gasteiger partial charge on any atom is -0.361 e. The van der Waals surface area contributed by atoms with Crippen molar-refractivity contribution < 1.29 is 32.7 Å². The van der Waals surface area contributed by atoms with Crippen LogP contribution in [0.1, 0.15) is 26.2 Å². The second kappa shape index (κ2) is 9.10. The van der Waals surface area contributed by atoms with Crippen molar-refractivity contribution in [3.63, 3.8) is 0 Å². The largest absolute Gasteiger partial charge is 0.361 e. The van der Waals surface area contributed by atoms with Gasteiger partial charge in [0.2, 0.25) is 0 Å². The topological polar surface area (TPSA) is 6.48 Å². The smallest absolute Gasteiger partial charge is 0.0192 e. The van der Waals surface area contributed by atoms with Crippen molar-refractivity contribution in [2.45, 2.75) is 32.2 Å². The Hall–Kier alpha value is 1.02. The number of nitrogens with zero attached hydrogens (tertiary/aromatic N) is 2. The van der Waals surface area contributed by atoms with Gasteiger partial charge in [-0.3, -0.25) is 4.90 Å². The third-order valence-electron chi connectivity index (χ3n) is 3.17. The van der Waals surface area contributed by atoms with Crippen molar-refractivity contribution in [3.8, 4) is 0 Å². The van der Waals surface area contributed by atoms with Crippen LogP contribution in [0.15, 0.2) is 0 Å². The average Bonchev–Trinajstić information content (AvgIpc) is 2.26. The molecule has 0 amide bonds.